The number of hydrogen-bond acceptors (Lipinski definition) is 3. The van der Waals surface area contributed by atoms with E-state index in [0.29, 0.717) is 18.8 Å². The van der Waals surface area contributed by atoms with Crippen LogP contribution in [0.4, 0.5) is 0 Å². The lowest BCUT2D eigenvalue weighted by atomic mass is 10.2. The number of carbonyl (C=O) groups is 1. The van der Waals surface area contributed by atoms with Gasteiger partial charge in [-0.3, -0.25) is 0 Å². The first-order chi connectivity index (χ1) is 9.08. The van der Waals surface area contributed by atoms with Crippen LogP contribution in [-0.4, -0.2) is 27.2 Å². The van der Waals surface area contributed by atoms with Gasteiger partial charge in [-0.1, -0.05) is 11.6 Å². The first kappa shape index (κ1) is 13.4. The van der Waals surface area contributed by atoms with Gasteiger partial charge in [0, 0.05) is 25.9 Å². The van der Waals surface area contributed by atoms with Crippen molar-refractivity contribution in [3.05, 3.63) is 47.0 Å². The maximum absolute atomic E-state index is 10.9. The number of halogens is 1. The van der Waals surface area contributed by atoms with Crippen LogP contribution in [0.5, 0.6) is 5.75 Å². The molecule has 1 heterocycles. The summed E-state index contributed by atoms with van der Waals surface area (Å²) in [6.07, 6.45) is 4.23. The third-order valence-corrected chi connectivity index (χ3v) is 3.01. The zero-order valence-electron chi connectivity index (χ0n) is 10.3. The highest BCUT2D eigenvalue weighted by Gasteiger charge is 2.10. The van der Waals surface area contributed by atoms with Crippen molar-refractivity contribution in [2.75, 3.05) is 6.61 Å². The number of aromatic nitrogens is 2. The number of carboxylic acid groups (broad SMARTS) is 1. The number of aryl methyl sites for hydroxylation is 1. The van der Waals surface area contributed by atoms with Crippen molar-refractivity contribution >= 4 is 17.6 Å². The highest BCUT2D eigenvalue weighted by Crippen LogP contribution is 2.22. The van der Waals surface area contributed by atoms with Gasteiger partial charge in [-0.2, -0.15) is 0 Å². The number of benzene rings is 1. The SMILES string of the molecule is Cn1ccnc1CCOc1ccc(Cl)c(C(=O)O)c1. The number of carboxylic acids is 1. The molecule has 0 fully saturated rings. The smallest absolute Gasteiger partial charge is 0.337 e. The van der Waals surface area contributed by atoms with Crippen molar-refractivity contribution < 1.29 is 14.6 Å². The summed E-state index contributed by atoms with van der Waals surface area (Å²) < 4.78 is 7.42. The second-order valence-electron chi connectivity index (χ2n) is 4.00. The highest BCUT2D eigenvalue weighted by molar-refractivity contribution is 6.33. The first-order valence-corrected chi connectivity index (χ1v) is 6.07. The van der Waals surface area contributed by atoms with Crippen LogP contribution in [0.25, 0.3) is 0 Å². The molecule has 0 amide bonds. The van der Waals surface area contributed by atoms with E-state index in [4.69, 9.17) is 21.4 Å². The number of imidazole rings is 1. The summed E-state index contributed by atoms with van der Waals surface area (Å²) in [5.41, 5.74) is 0.0381. The molecule has 1 N–H and O–H groups in total. The van der Waals surface area contributed by atoms with Gasteiger partial charge in [-0.25, -0.2) is 9.78 Å². The van der Waals surface area contributed by atoms with Gasteiger partial charge in [-0.15, -0.1) is 0 Å². The quantitative estimate of drug-likeness (QED) is 0.913. The molecule has 0 aliphatic carbocycles. The van der Waals surface area contributed by atoms with Crippen LogP contribution in [0.1, 0.15) is 16.2 Å². The lowest BCUT2D eigenvalue weighted by Crippen LogP contribution is -2.07. The molecule has 0 radical (unpaired) electrons. The topological polar surface area (TPSA) is 64.4 Å². The van der Waals surface area contributed by atoms with Crippen molar-refractivity contribution in [1.29, 1.82) is 0 Å². The average Bonchev–Trinajstić information content (AvgIpc) is 2.77. The van der Waals surface area contributed by atoms with E-state index in [0.717, 1.165) is 5.82 Å². The van der Waals surface area contributed by atoms with Crippen LogP contribution in [0, 0.1) is 0 Å². The molecule has 0 aliphatic rings. The number of nitrogens with zero attached hydrogens (tertiary/aromatic N) is 2. The fourth-order valence-electron chi connectivity index (χ4n) is 1.66. The van der Waals surface area contributed by atoms with Gasteiger partial charge >= 0.3 is 5.97 Å². The summed E-state index contributed by atoms with van der Waals surface area (Å²) in [7, 11) is 1.91. The van der Waals surface area contributed by atoms with Crippen LogP contribution < -0.4 is 4.74 Å². The van der Waals surface area contributed by atoms with E-state index >= 15 is 0 Å². The Morgan fingerprint density at radius 2 is 2.32 bits per heavy atom. The number of hydrogen-bond donors (Lipinski definition) is 1. The molecule has 19 heavy (non-hydrogen) atoms. The van der Waals surface area contributed by atoms with Crippen molar-refractivity contribution in [3.8, 4) is 5.75 Å². The second-order valence-corrected chi connectivity index (χ2v) is 4.41. The van der Waals surface area contributed by atoms with Crippen LogP contribution in [0.2, 0.25) is 5.02 Å². The monoisotopic (exact) mass is 280 g/mol. The summed E-state index contributed by atoms with van der Waals surface area (Å²) in [5.74, 6) is 0.322. The maximum atomic E-state index is 10.9. The van der Waals surface area contributed by atoms with Gasteiger partial charge in [0.2, 0.25) is 0 Å². The van der Waals surface area contributed by atoms with Crippen LogP contribution in [0.15, 0.2) is 30.6 Å². The Morgan fingerprint density at radius 3 is 2.95 bits per heavy atom. The van der Waals surface area contributed by atoms with Gasteiger partial charge in [0.25, 0.3) is 0 Å². The Morgan fingerprint density at radius 1 is 1.53 bits per heavy atom. The lowest BCUT2D eigenvalue weighted by molar-refractivity contribution is 0.0696. The van der Waals surface area contributed by atoms with Gasteiger partial charge in [-0.05, 0) is 18.2 Å². The molecule has 0 bridgehead atoms. The van der Waals surface area contributed by atoms with Crippen molar-refractivity contribution in [2.24, 2.45) is 7.05 Å². The molecule has 1 aromatic carbocycles. The average molecular weight is 281 g/mol. The Bertz CT molecular complexity index is 595. The fourth-order valence-corrected chi connectivity index (χ4v) is 1.85. The predicted octanol–water partition coefficient (Wildman–Crippen LogP) is 2.39. The zero-order valence-corrected chi connectivity index (χ0v) is 11.1. The molecule has 0 spiro atoms. The van der Waals surface area contributed by atoms with Crippen molar-refractivity contribution in [2.45, 2.75) is 6.42 Å². The molecular formula is C13H13ClN2O3. The molecule has 6 heteroatoms. The summed E-state index contributed by atoms with van der Waals surface area (Å²) in [6, 6.07) is 4.58. The Balaban J connectivity index is 1.98. The minimum atomic E-state index is -1.07. The van der Waals surface area contributed by atoms with Crippen LogP contribution >= 0.6 is 11.6 Å². The van der Waals surface area contributed by atoms with E-state index in [-0.39, 0.29) is 10.6 Å². The highest BCUT2D eigenvalue weighted by atomic mass is 35.5. The molecule has 1 aromatic heterocycles. The Labute approximate surface area is 115 Å². The minimum Gasteiger partial charge on any atom is -0.493 e. The van der Waals surface area contributed by atoms with Gasteiger partial charge in [0.05, 0.1) is 17.2 Å². The van der Waals surface area contributed by atoms with E-state index in [1.165, 1.54) is 12.1 Å². The standard InChI is InChI=1S/C13H13ClN2O3/c1-16-6-5-15-12(16)4-7-19-9-2-3-11(14)10(8-9)13(17)18/h2-3,5-6,8H,4,7H2,1H3,(H,17,18). The molecule has 2 aromatic rings. The van der Waals surface area contributed by atoms with E-state index in [2.05, 4.69) is 4.98 Å². The van der Waals surface area contributed by atoms with E-state index in [9.17, 15) is 4.79 Å². The molecule has 2 rings (SSSR count). The fraction of sp³-hybridized carbons (Fsp3) is 0.231. The van der Waals surface area contributed by atoms with Crippen LogP contribution in [-0.2, 0) is 13.5 Å². The normalized spacial score (nSPS) is 10.4. The molecular weight excluding hydrogens is 268 g/mol. The predicted molar refractivity (Wildman–Crippen MR) is 70.8 cm³/mol. The van der Waals surface area contributed by atoms with E-state index < -0.39 is 5.97 Å². The molecule has 0 aliphatic heterocycles. The molecule has 0 unspecified atom stereocenters. The summed E-state index contributed by atoms with van der Waals surface area (Å²) in [5, 5.41) is 9.15. The van der Waals surface area contributed by atoms with E-state index in [1.54, 1.807) is 12.3 Å². The van der Waals surface area contributed by atoms with Gasteiger partial charge < -0.3 is 14.4 Å². The molecule has 5 nitrogen and oxygen atoms in total. The van der Waals surface area contributed by atoms with Crippen molar-refractivity contribution in [3.63, 3.8) is 0 Å². The Hall–Kier alpha value is -2.01. The Kier molecular flexibility index (Phi) is 4.06. The largest absolute Gasteiger partial charge is 0.493 e. The summed E-state index contributed by atoms with van der Waals surface area (Å²) >= 11 is 5.78. The lowest BCUT2D eigenvalue weighted by Gasteiger charge is -2.07. The molecule has 0 saturated heterocycles. The third kappa shape index (κ3) is 3.26. The van der Waals surface area contributed by atoms with Crippen LogP contribution in [0.3, 0.4) is 0 Å². The minimum absolute atomic E-state index is 0.0381. The molecule has 0 atom stereocenters. The summed E-state index contributed by atoms with van der Waals surface area (Å²) in [4.78, 5) is 15.1. The van der Waals surface area contributed by atoms with Crippen molar-refractivity contribution in [1.82, 2.24) is 9.55 Å². The first-order valence-electron chi connectivity index (χ1n) is 5.70. The molecule has 100 valence electrons. The molecule has 0 saturated carbocycles. The third-order valence-electron chi connectivity index (χ3n) is 2.68. The second kappa shape index (κ2) is 5.75. The van der Waals surface area contributed by atoms with Gasteiger partial charge in [0.15, 0.2) is 0 Å². The summed E-state index contributed by atoms with van der Waals surface area (Å²) in [6.45, 7) is 0.422. The maximum Gasteiger partial charge on any atom is 0.337 e. The zero-order chi connectivity index (χ0) is 13.8. The number of ether oxygens (including phenoxy) is 1. The van der Waals surface area contributed by atoms with Gasteiger partial charge in [0.1, 0.15) is 11.6 Å². The van der Waals surface area contributed by atoms with E-state index in [1.807, 2.05) is 17.8 Å². The number of aromatic carboxylic acids is 1. The number of rotatable bonds is 5.